The minimum absolute atomic E-state index is 0. The summed E-state index contributed by atoms with van der Waals surface area (Å²) in [5, 5.41) is 17.5. The minimum Gasteiger partial charge on any atom is -0.505 e. The number of nitrogens with two attached hydrogens (primary N) is 1. The molecule has 0 saturated heterocycles. The second-order valence-corrected chi connectivity index (χ2v) is 2.05. The molecule has 66 valence electrons. The molecule has 5 heteroatoms. The van der Waals surface area contributed by atoms with Gasteiger partial charge < -0.3 is 21.4 Å². The summed E-state index contributed by atoms with van der Waals surface area (Å²) in [6.45, 7) is 0. The van der Waals surface area contributed by atoms with Crippen LogP contribution in [0.5, 0.6) is 5.75 Å². The van der Waals surface area contributed by atoms with Crippen LogP contribution in [0, 0.1) is 0 Å². The topological polar surface area (TPSA) is 115 Å². The van der Waals surface area contributed by atoms with Gasteiger partial charge in [0.2, 0.25) is 0 Å². The summed E-state index contributed by atoms with van der Waals surface area (Å²) >= 11 is 0. The fourth-order valence-electron chi connectivity index (χ4n) is 0.734. The summed E-state index contributed by atoms with van der Waals surface area (Å²) in [4.78, 5) is 10.4. The van der Waals surface area contributed by atoms with Crippen LogP contribution in [-0.4, -0.2) is 21.7 Å². The second kappa shape index (κ2) is 3.59. The third-order valence-electron chi connectivity index (χ3n) is 1.30. The van der Waals surface area contributed by atoms with E-state index >= 15 is 0 Å². The normalized spacial score (nSPS) is 8.67. The van der Waals surface area contributed by atoms with Gasteiger partial charge in [-0.1, -0.05) is 6.07 Å². The highest BCUT2D eigenvalue weighted by Crippen LogP contribution is 2.23. The van der Waals surface area contributed by atoms with Crippen molar-refractivity contribution >= 4 is 11.7 Å². The molecule has 0 fully saturated rings. The smallest absolute Gasteiger partial charge is 0.339 e. The average molecular weight is 171 g/mol. The third kappa shape index (κ3) is 1.64. The molecule has 0 spiro atoms. The molecule has 0 heterocycles. The number of hydrogen-bond donors (Lipinski definition) is 3. The maximum absolute atomic E-state index is 10.4. The lowest BCUT2D eigenvalue weighted by Gasteiger charge is -2.00. The summed E-state index contributed by atoms with van der Waals surface area (Å²) in [6, 6.07) is 4.19. The zero-order valence-electron chi connectivity index (χ0n) is 6.11. The molecule has 12 heavy (non-hydrogen) atoms. The van der Waals surface area contributed by atoms with Crippen molar-refractivity contribution in [2.75, 3.05) is 5.73 Å². The Labute approximate surface area is 68.4 Å². The van der Waals surface area contributed by atoms with Gasteiger partial charge in [0.05, 0.1) is 5.69 Å². The van der Waals surface area contributed by atoms with Crippen molar-refractivity contribution in [3.8, 4) is 5.75 Å². The van der Waals surface area contributed by atoms with E-state index in [1.807, 2.05) is 0 Å². The number of hydrogen-bond acceptors (Lipinski definition) is 3. The van der Waals surface area contributed by atoms with Crippen LogP contribution in [-0.2, 0) is 0 Å². The molecule has 0 unspecified atom stereocenters. The number of benzene rings is 1. The summed E-state index contributed by atoms with van der Waals surface area (Å²) in [5.74, 6) is -1.56. The quantitative estimate of drug-likeness (QED) is 0.402. The van der Waals surface area contributed by atoms with E-state index in [-0.39, 0.29) is 22.5 Å². The highest BCUT2D eigenvalue weighted by atomic mass is 16.4. The van der Waals surface area contributed by atoms with E-state index in [2.05, 4.69) is 0 Å². The van der Waals surface area contributed by atoms with Gasteiger partial charge in [-0.3, -0.25) is 0 Å². The Bertz CT molecular complexity index is 297. The largest absolute Gasteiger partial charge is 0.505 e. The molecule has 0 atom stereocenters. The Balaban J connectivity index is 0.00000121. The van der Waals surface area contributed by atoms with E-state index in [9.17, 15) is 4.79 Å². The van der Waals surface area contributed by atoms with Crippen molar-refractivity contribution in [2.24, 2.45) is 0 Å². The van der Waals surface area contributed by atoms with Crippen molar-refractivity contribution in [2.45, 2.75) is 0 Å². The number of phenols is 1. The fraction of sp³-hybridized carbons (Fsp3) is 0. The summed E-state index contributed by atoms with van der Waals surface area (Å²) in [6.07, 6.45) is 0. The molecule has 0 aromatic heterocycles. The third-order valence-corrected chi connectivity index (χ3v) is 1.30. The van der Waals surface area contributed by atoms with E-state index in [4.69, 9.17) is 15.9 Å². The number of aromatic hydroxyl groups is 1. The van der Waals surface area contributed by atoms with E-state index < -0.39 is 5.97 Å². The zero-order chi connectivity index (χ0) is 8.43. The molecule has 0 bridgehead atoms. The van der Waals surface area contributed by atoms with E-state index in [1.54, 1.807) is 0 Å². The van der Waals surface area contributed by atoms with Gasteiger partial charge in [0.1, 0.15) is 5.56 Å². The lowest BCUT2D eigenvalue weighted by atomic mass is 10.2. The molecule has 0 saturated carbocycles. The van der Waals surface area contributed by atoms with Crippen molar-refractivity contribution in [1.29, 1.82) is 0 Å². The molecule has 0 aliphatic carbocycles. The number of carboxylic acid groups (broad SMARTS) is 1. The predicted octanol–water partition coefficient (Wildman–Crippen LogP) is -0.152. The van der Waals surface area contributed by atoms with Gasteiger partial charge in [-0.25, -0.2) is 4.79 Å². The molecule has 1 aromatic carbocycles. The van der Waals surface area contributed by atoms with Crippen LogP contribution in [0.25, 0.3) is 0 Å². The summed E-state index contributed by atoms with van der Waals surface area (Å²) in [5.41, 5.74) is 5.14. The Hall–Kier alpha value is -1.75. The second-order valence-electron chi connectivity index (χ2n) is 2.05. The number of carbonyl (C=O) groups is 1. The van der Waals surface area contributed by atoms with Crippen LogP contribution in [0.1, 0.15) is 10.4 Å². The molecule has 0 aliphatic heterocycles. The summed E-state index contributed by atoms with van der Waals surface area (Å²) in [7, 11) is 0. The van der Waals surface area contributed by atoms with Crippen LogP contribution in [0.3, 0.4) is 0 Å². The monoisotopic (exact) mass is 171 g/mol. The first-order chi connectivity index (χ1) is 5.13. The molecule has 0 radical (unpaired) electrons. The number of anilines is 1. The van der Waals surface area contributed by atoms with Gasteiger partial charge in [0.25, 0.3) is 0 Å². The number of para-hydroxylation sites is 1. The molecular formula is C7H9NO4. The van der Waals surface area contributed by atoms with E-state index in [0.717, 1.165) is 0 Å². The van der Waals surface area contributed by atoms with Crippen molar-refractivity contribution < 1.29 is 20.5 Å². The van der Waals surface area contributed by atoms with Crippen molar-refractivity contribution in [3.63, 3.8) is 0 Å². The van der Waals surface area contributed by atoms with Gasteiger partial charge in [0.15, 0.2) is 5.75 Å². The Morgan fingerprint density at radius 2 is 2.00 bits per heavy atom. The maximum atomic E-state index is 10.4. The van der Waals surface area contributed by atoms with Crippen LogP contribution in [0.2, 0.25) is 0 Å². The molecule has 0 aliphatic rings. The molecule has 1 rings (SSSR count). The van der Waals surface area contributed by atoms with Gasteiger partial charge in [-0.15, -0.1) is 0 Å². The number of carboxylic acids is 1. The van der Waals surface area contributed by atoms with Crippen LogP contribution in [0.4, 0.5) is 5.69 Å². The highest BCUT2D eigenvalue weighted by Gasteiger charge is 2.09. The van der Waals surface area contributed by atoms with Crippen molar-refractivity contribution in [1.82, 2.24) is 0 Å². The lowest BCUT2D eigenvalue weighted by Crippen LogP contribution is -1.98. The minimum atomic E-state index is -1.19. The Kier molecular flexibility index (Phi) is 3.06. The standard InChI is InChI=1S/C7H7NO3.H2O/c8-5-3-1-2-4(6(5)9)7(10)11;/h1-3,9H,8H2,(H,10,11);1H2. The van der Waals surface area contributed by atoms with Gasteiger partial charge >= 0.3 is 5.97 Å². The molecule has 0 amide bonds. The average Bonchev–Trinajstić information content (AvgIpc) is 1.94. The van der Waals surface area contributed by atoms with E-state index in [1.165, 1.54) is 18.2 Å². The molecular weight excluding hydrogens is 162 g/mol. The van der Waals surface area contributed by atoms with Gasteiger partial charge in [-0.05, 0) is 12.1 Å². The Morgan fingerprint density at radius 1 is 1.42 bits per heavy atom. The summed E-state index contributed by atoms with van der Waals surface area (Å²) < 4.78 is 0. The van der Waals surface area contributed by atoms with Crippen LogP contribution in [0.15, 0.2) is 18.2 Å². The van der Waals surface area contributed by atoms with E-state index in [0.29, 0.717) is 0 Å². The lowest BCUT2D eigenvalue weighted by molar-refractivity contribution is 0.0694. The first-order valence-electron chi connectivity index (χ1n) is 2.93. The predicted molar refractivity (Wildman–Crippen MR) is 43.1 cm³/mol. The maximum Gasteiger partial charge on any atom is 0.339 e. The molecule has 1 aromatic rings. The molecule has 6 N–H and O–H groups in total. The number of nitrogen functional groups attached to an aromatic ring is 1. The first kappa shape index (κ1) is 10.2. The zero-order valence-corrected chi connectivity index (χ0v) is 6.11. The van der Waals surface area contributed by atoms with Crippen LogP contribution < -0.4 is 5.73 Å². The Morgan fingerprint density at radius 3 is 2.42 bits per heavy atom. The SMILES string of the molecule is Nc1cccc(C(=O)O)c1O.O. The fourth-order valence-corrected chi connectivity index (χ4v) is 0.734. The number of rotatable bonds is 1. The molecule has 5 nitrogen and oxygen atoms in total. The first-order valence-corrected chi connectivity index (χ1v) is 2.93. The highest BCUT2D eigenvalue weighted by molar-refractivity contribution is 5.92. The van der Waals surface area contributed by atoms with Crippen molar-refractivity contribution in [3.05, 3.63) is 23.8 Å². The number of aromatic carboxylic acids is 1. The van der Waals surface area contributed by atoms with Gasteiger partial charge in [-0.2, -0.15) is 0 Å². The van der Waals surface area contributed by atoms with Crippen LogP contribution >= 0.6 is 0 Å². The van der Waals surface area contributed by atoms with Gasteiger partial charge in [0, 0.05) is 0 Å².